The molecule has 1 aromatic carbocycles. The zero-order valence-electron chi connectivity index (χ0n) is 11.6. The van der Waals surface area contributed by atoms with Gasteiger partial charge in [0.15, 0.2) is 0 Å². The molecule has 0 unspecified atom stereocenters. The number of nitrogens with one attached hydrogen (secondary N) is 1. The second kappa shape index (κ2) is 4.85. The molecular formula is C15H21N3O. The van der Waals surface area contributed by atoms with Crippen molar-refractivity contribution in [1.29, 1.82) is 0 Å². The fourth-order valence-corrected chi connectivity index (χ4v) is 3.23. The number of amides is 1. The topological polar surface area (TPSA) is 35.6 Å². The normalized spacial score (nSPS) is 24.9. The number of hydrogen-bond donors (Lipinski definition) is 1. The molecule has 4 heteroatoms. The quantitative estimate of drug-likeness (QED) is 0.867. The number of carbonyl (C=O) groups is 1. The Labute approximate surface area is 114 Å². The van der Waals surface area contributed by atoms with E-state index in [1.807, 2.05) is 23.9 Å². The van der Waals surface area contributed by atoms with E-state index in [-0.39, 0.29) is 5.91 Å². The number of hydrogen-bond acceptors (Lipinski definition) is 3. The third-order valence-electron chi connectivity index (χ3n) is 4.16. The van der Waals surface area contributed by atoms with Gasteiger partial charge in [0.2, 0.25) is 5.91 Å². The fraction of sp³-hybridized carbons (Fsp3) is 0.533. The molecule has 0 spiro atoms. The smallest absolute Gasteiger partial charge is 0.236 e. The number of para-hydroxylation sites is 1. The van der Waals surface area contributed by atoms with Crippen LogP contribution in [0.3, 0.4) is 0 Å². The third kappa shape index (κ3) is 2.32. The van der Waals surface area contributed by atoms with E-state index >= 15 is 0 Å². The Morgan fingerprint density at radius 3 is 2.95 bits per heavy atom. The predicted octanol–water partition coefficient (Wildman–Crippen LogP) is 1.22. The van der Waals surface area contributed by atoms with Crippen LogP contribution in [-0.2, 0) is 4.79 Å². The first-order chi connectivity index (χ1) is 9.15. The highest BCUT2D eigenvalue weighted by Gasteiger charge is 2.39. The maximum atomic E-state index is 12.2. The van der Waals surface area contributed by atoms with Gasteiger partial charge >= 0.3 is 0 Å². The SMILES string of the molecule is CN(C)CC(=O)N1C[C@@H]2CNc3ccccc3[C@H]2C1. The van der Waals surface area contributed by atoms with Crippen LogP contribution < -0.4 is 5.32 Å². The molecule has 19 heavy (non-hydrogen) atoms. The molecule has 1 N–H and O–H groups in total. The highest BCUT2D eigenvalue weighted by molar-refractivity contribution is 5.79. The molecule has 1 amide bonds. The minimum Gasteiger partial charge on any atom is -0.384 e. The van der Waals surface area contributed by atoms with Gasteiger partial charge in [0, 0.05) is 37.2 Å². The van der Waals surface area contributed by atoms with Crippen LogP contribution in [0.2, 0.25) is 0 Å². The Kier molecular flexibility index (Phi) is 3.19. The van der Waals surface area contributed by atoms with Crippen molar-refractivity contribution in [2.24, 2.45) is 5.92 Å². The van der Waals surface area contributed by atoms with Gasteiger partial charge in [-0.1, -0.05) is 18.2 Å². The van der Waals surface area contributed by atoms with E-state index in [2.05, 4.69) is 29.6 Å². The van der Waals surface area contributed by atoms with Crippen LogP contribution in [0, 0.1) is 5.92 Å². The maximum Gasteiger partial charge on any atom is 0.236 e. The number of anilines is 1. The number of likely N-dealkylation sites (tertiary alicyclic amines) is 1. The molecule has 1 fully saturated rings. The molecule has 0 saturated carbocycles. The standard InChI is InChI=1S/C15H21N3O/c1-17(2)10-15(19)18-8-11-7-16-14-6-4-3-5-12(14)13(11)9-18/h3-6,11,13,16H,7-10H2,1-2H3/t11-,13-/m0/s1. The fourth-order valence-electron chi connectivity index (χ4n) is 3.23. The van der Waals surface area contributed by atoms with Crippen molar-refractivity contribution < 1.29 is 4.79 Å². The largest absolute Gasteiger partial charge is 0.384 e. The van der Waals surface area contributed by atoms with Crippen LogP contribution >= 0.6 is 0 Å². The minimum absolute atomic E-state index is 0.247. The summed E-state index contributed by atoms with van der Waals surface area (Å²) in [6, 6.07) is 8.48. The average Bonchev–Trinajstić information content (AvgIpc) is 2.82. The van der Waals surface area contributed by atoms with Gasteiger partial charge < -0.3 is 15.1 Å². The third-order valence-corrected chi connectivity index (χ3v) is 4.16. The molecule has 3 rings (SSSR count). The molecular weight excluding hydrogens is 238 g/mol. The van der Waals surface area contributed by atoms with Crippen molar-refractivity contribution in [1.82, 2.24) is 9.80 Å². The van der Waals surface area contributed by atoms with Crippen LogP contribution in [0.1, 0.15) is 11.5 Å². The Morgan fingerprint density at radius 1 is 1.37 bits per heavy atom. The Morgan fingerprint density at radius 2 is 2.16 bits per heavy atom. The number of rotatable bonds is 2. The van der Waals surface area contributed by atoms with Crippen LogP contribution in [-0.4, -0.2) is 56.0 Å². The summed E-state index contributed by atoms with van der Waals surface area (Å²) in [6.07, 6.45) is 0. The molecule has 2 atom stereocenters. The first kappa shape index (κ1) is 12.5. The zero-order valence-corrected chi connectivity index (χ0v) is 11.6. The highest BCUT2D eigenvalue weighted by Crippen LogP contribution is 2.39. The van der Waals surface area contributed by atoms with Gasteiger partial charge in [-0.2, -0.15) is 0 Å². The number of nitrogens with zero attached hydrogens (tertiary/aromatic N) is 2. The summed E-state index contributed by atoms with van der Waals surface area (Å²) in [5.74, 6) is 1.31. The molecule has 2 aliphatic heterocycles. The molecule has 1 aromatic rings. The lowest BCUT2D eigenvalue weighted by molar-refractivity contribution is -0.130. The number of carbonyl (C=O) groups excluding carboxylic acids is 1. The van der Waals surface area contributed by atoms with Gasteiger partial charge in [-0.3, -0.25) is 4.79 Å². The van der Waals surface area contributed by atoms with E-state index in [0.29, 0.717) is 18.4 Å². The zero-order chi connectivity index (χ0) is 13.4. The van der Waals surface area contributed by atoms with Crippen molar-refractivity contribution in [2.45, 2.75) is 5.92 Å². The van der Waals surface area contributed by atoms with Gasteiger partial charge in [0.1, 0.15) is 0 Å². The predicted molar refractivity (Wildman–Crippen MR) is 76.3 cm³/mol. The molecule has 2 aliphatic rings. The molecule has 4 nitrogen and oxygen atoms in total. The Hall–Kier alpha value is -1.55. The second-order valence-electron chi connectivity index (χ2n) is 5.87. The first-order valence-corrected chi connectivity index (χ1v) is 6.90. The summed E-state index contributed by atoms with van der Waals surface area (Å²) in [5, 5.41) is 3.49. The summed E-state index contributed by atoms with van der Waals surface area (Å²) < 4.78 is 0. The van der Waals surface area contributed by atoms with E-state index < -0.39 is 0 Å². The lowest BCUT2D eigenvalue weighted by atomic mass is 9.85. The average molecular weight is 259 g/mol. The van der Waals surface area contributed by atoms with Crippen LogP contribution in [0.4, 0.5) is 5.69 Å². The molecule has 0 aromatic heterocycles. The first-order valence-electron chi connectivity index (χ1n) is 6.90. The van der Waals surface area contributed by atoms with E-state index in [0.717, 1.165) is 19.6 Å². The van der Waals surface area contributed by atoms with Crippen molar-refractivity contribution in [2.75, 3.05) is 45.6 Å². The number of likely N-dealkylation sites (N-methyl/N-ethyl adjacent to an activating group) is 1. The summed E-state index contributed by atoms with van der Waals surface area (Å²) in [4.78, 5) is 16.1. The van der Waals surface area contributed by atoms with Gasteiger partial charge in [-0.25, -0.2) is 0 Å². The van der Waals surface area contributed by atoms with E-state index in [1.54, 1.807) is 0 Å². The van der Waals surface area contributed by atoms with E-state index in [1.165, 1.54) is 11.3 Å². The van der Waals surface area contributed by atoms with E-state index in [4.69, 9.17) is 0 Å². The van der Waals surface area contributed by atoms with E-state index in [9.17, 15) is 4.79 Å². The number of fused-ring (bicyclic) bond motifs is 3. The Bertz CT molecular complexity index is 486. The number of benzene rings is 1. The van der Waals surface area contributed by atoms with Crippen molar-refractivity contribution >= 4 is 11.6 Å². The van der Waals surface area contributed by atoms with Gasteiger partial charge in [0.05, 0.1) is 6.54 Å². The molecule has 0 bridgehead atoms. The van der Waals surface area contributed by atoms with Crippen LogP contribution in [0.5, 0.6) is 0 Å². The van der Waals surface area contributed by atoms with Gasteiger partial charge in [-0.15, -0.1) is 0 Å². The molecule has 2 heterocycles. The van der Waals surface area contributed by atoms with Crippen LogP contribution in [0.25, 0.3) is 0 Å². The van der Waals surface area contributed by atoms with Gasteiger partial charge in [-0.05, 0) is 25.7 Å². The molecule has 1 saturated heterocycles. The lowest BCUT2D eigenvalue weighted by Gasteiger charge is -2.28. The summed E-state index contributed by atoms with van der Waals surface area (Å²) >= 11 is 0. The monoisotopic (exact) mass is 259 g/mol. The van der Waals surface area contributed by atoms with Gasteiger partial charge in [0.25, 0.3) is 0 Å². The van der Waals surface area contributed by atoms with Crippen molar-refractivity contribution in [3.8, 4) is 0 Å². The van der Waals surface area contributed by atoms with Crippen molar-refractivity contribution in [3.05, 3.63) is 29.8 Å². The summed E-state index contributed by atoms with van der Waals surface area (Å²) in [6.45, 7) is 3.25. The van der Waals surface area contributed by atoms with Crippen molar-refractivity contribution in [3.63, 3.8) is 0 Å². The summed E-state index contributed by atoms with van der Waals surface area (Å²) in [5.41, 5.74) is 2.62. The molecule has 102 valence electrons. The maximum absolute atomic E-state index is 12.2. The second-order valence-corrected chi connectivity index (χ2v) is 5.87. The molecule has 0 radical (unpaired) electrons. The Balaban J connectivity index is 1.77. The lowest BCUT2D eigenvalue weighted by Crippen LogP contribution is -2.36. The summed E-state index contributed by atoms with van der Waals surface area (Å²) in [7, 11) is 3.88. The minimum atomic E-state index is 0.247. The molecule has 0 aliphatic carbocycles. The van der Waals surface area contributed by atoms with Crippen LogP contribution in [0.15, 0.2) is 24.3 Å². The highest BCUT2D eigenvalue weighted by atomic mass is 16.2.